The topological polar surface area (TPSA) is 20.2 Å². The molecule has 0 saturated carbocycles. The van der Waals surface area contributed by atoms with Crippen LogP contribution in [0.4, 0.5) is 0 Å². The molecule has 0 aromatic rings. The minimum absolute atomic E-state index is 0.170. The van der Waals surface area contributed by atoms with Crippen LogP contribution < -0.4 is 0 Å². The first kappa shape index (κ1) is 18.0. The summed E-state index contributed by atoms with van der Waals surface area (Å²) in [5.74, 6) is 0.170. The molecule has 1 rings (SSSR count). The van der Waals surface area contributed by atoms with E-state index in [2.05, 4.69) is 45.6 Å². The zero-order valence-corrected chi connectivity index (χ0v) is 14.3. The predicted molar refractivity (Wildman–Crippen MR) is 93.3 cm³/mol. The van der Waals surface area contributed by atoms with Gasteiger partial charge in [-0.3, -0.25) is 0 Å². The van der Waals surface area contributed by atoms with E-state index >= 15 is 0 Å². The van der Waals surface area contributed by atoms with Gasteiger partial charge in [0.05, 0.1) is 6.10 Å². The molecular weight excluding hydrogens is 256 g/mol. The predicted octanol–water partition coefficient (Wildman–Crippen LogP) is 5.73. The minimum Gasteiger partial charge on any atom is -0.392 e. The molecule has 0 saturated heterocycles. The second-order valence-corrected chi connectivity index (χ2v) is 6.69. The lowest BCUT2D eigenvalue weighted by Gasteiger charge is -2.23. The van der Waals surface area contributed by atoms with Crippen LogP contribution in [0, 0.1) is 5.92 Å². The molecule has 1 aliphatic carbocycles. The Morgan fingerprint density at radius 1 is 1.00 bits per heavy atom. The number of rotatable bonds is 1. The van der Waals surface area contributed by atoms with Gasteiger partial charge in [-0.2, -0.15) is 0 Å². The largest absolute Gasteiger partial charge is 0.392 e. The first-order valence-corrected chi connectivity index (χ1v) is 8.20. The molecule has 0 amide bonds. The van der Waals surface area contributed by atoms with E-state index in [1.807, 2.05) is 6.92 Å². The van der Waals surface area contributed by atoms with Gasteiger partial charge in [-0.25, -0.2) is 0 Å². The van der Waals surface area contributed by atoms with Crippen molar-refractivity contribution < 1.29 is 5.11 Å². The van der Waals surface area contributed by atoms with Crippen molar-refractivity contribution in [2.75, 3.05) is 0 Å². The summed E-state index contributed by atoms with van der Waals surface area (Å²) in [7, 11) is 0. The Morgan fingerprint density at radius 2 is 1.52 bits per heavy atom. The first-order valence-electron chi connectivity index (χ1n) is 8.20. The molecule has 0 aromatic carbocycles. The van der Waals surface area contributed by atoms with Crippen LogP contribution in [-0.4, -0.2) is 11.2 Å². The van der Waals surface area contributed by atoms with Crippen LogP contribution in [-0.2, 0) is 0 Å². The Morgan fingerprint density at radius 3 is 2.10 bits per heavy atom. The molecule has 1 aliphatic rings. The molecule has 0 spiro atoms. The third-order valence-electron chi connectivity index (χ3n) is 4.41. The van der Waals surface area contributed by atoms with Crippen LogP contribution in [0.2, 0.25) is 0 Å². The molecule has 2 unspecified atom stereocenters. The van der Waals surface area contributed by atoms with Gasteiger partial charge in [-0.1, -0.05) is 47.1 Å². The lowest BCUT2D eigenvalue weighted by atomic mass is 9.87. The maximum Gasteiger partial charge on any atom is 0.0645 e. The number of allylic oxidation sites excluding steroid dienone is 5. The van der Waals surface area contributed by atoms with Gasteiger partial charge < -0.3 is 5.11 Å². The molecule has 21 heavy (non-hydrogen) atoms. The van der Waals surface area contributed by atoms with E-state index in [1.165, 1.54) is 16.7 Å². The fourth-order valence-electron chi connectivity index (χ4n) is 2.87. The molecule has 2 atom stereocenters. The molecule has 0 heterocycles. The molecule has 0 fully saturated rings. The zero-order valence-electron chi connectivity index (χ0n) is 14.3. The average Bonchev–Trinajstić information content (AvgIpc) is 2.37. The maximum atomic E-state index is 10.5. The minimum atomic E-state index is -0.317. The van der Waals surface area contributed by atoms with Crippen molar-refractivity contribution in [3.63, 3.8) is 0 Å². The Balaban J connectivity index is 2.90. The lowest BCUT2D eigenvalue weighted by molar-refractivity contribution is 0.126. The number of aliphatic hydroxyl groups excluding tert-OH is 1. The summed E-state index contributed by atoms with van der Waals surface area (Å²) in [5, 5.41) is 10.5. The second-order valence-electron chi connectivity index (χ2n) is 6.69. The quantitative estimate of drug-likeness (QED) is 0.611. The SMILES string of the molecule is C=C(C)C1C/C=C(\C)CC/C=C(\C)CC/C=C(\C)CC1O. The summed E-state index contributed by atoms with van der Waals surface area (Å²) in [6.07, 6.45) is 12.7. The summed E-state index contributed by atoms with van der Waals surface area (Å²) in [6.45, 7) is 12.7. The van der Waals surface area contributed by atoms with Crippen molar-refractivity contribution in [3.8, 4) is 0 Å². The highest BCUT2D eigenvalue weighted by Gasteiger charge is 2.19. The van der Waals surface area contributed by atoms with E-state index < -0.39 is 0 Å². The molecule has 1 nitrogen and oxygen atoms in total. The fraction of sp³-hybridized carbons (Fsp3) is 0.600. The molecule has 118 valence electrons. The van der Waals surface area contributed by atoms with E-state index in [0.29, 0.717) is 0 Å². The Labute approximate surface area is 131 Å². The highest BCUT2D eigenvalue weighted by molar-refractivity contribution is 5.12. The summed E-state index contributed by atoms with van der Waals surface area (Å²) < 4.78 is 0. The maximum absolute atomic E-state index is 10.5. The number of hydrogen-bond donors (Lipinski definition) is 1. The highest BCUT2D eigenvalue weighted by Crippen LogP contribution is 2.25. The van der Waals surface area contributed by atoms with Crippen LogP contribution in [0.1, 0.15) is 66.2 Å². The third kappa shape index (κ3) is 6.95. The Kier molecular flexibility index (Phi) is 7.74. The smallest absolute Gasteiger partial charge is 0.0645 e. The normalized spacial score (nSPS) is 33.7. The van der Waals surface area contributed by atoms with Crippen LogP contribution in [0.25, 0.3) is 0 Å². The molecule has 0 aliphatic heterocycles. The van der Waals surface area contributed by atoms with E-state index in [1.54, 1.807) is 0 Å². The van der Waals surface area contributed by atoms with Crippen LogP contribution >= 0.6 is 0 Å². The van der Waals surface area contributed by atoms with E-state index in [4.69, 9.17) is 0 Å². The number of hydrogen-bond acceptors (Lipinski definition) is 1. The summed E-state index contributed by atoms with van der Waals surface area (Å²) in [4.78, 5) is 0. The Bertz CT molecular complexity index is 437. The first-order chi connectivity index (χ1) is 9.90. The van der Waals surface area contributed by atoms with E-state index in [9.17, 15) is 5.11 Å². The highest BCUT2D eigenvalue weighted by atomic mass is 16.3. The van der Waals surface area contributed by atoms with Gasteiger partial charge in [0.1, 0.15) is 0 Å². The van der Waals surface area contributed by atoms with Gasteiger partial charge in [0, 0.05) is 5.92 Å². The van der Waals surface area contributed by atoms with E-state index in [0.717, 1.165) is 44.1 Å². The second kappa shape index (κ2) is 9.04. The van der Waals surface area contributed by atoms with E-state index in [-0.39, 0.29) is 12.0 Å². The summed E-state index contributed by atoms with van der Waals surface area (Å²) in [5.41, 5.74) is 5.27. The molecule has 0 bridgehead atoms. The van der Waals surface area contributed by atoms with Gasteiger partial charge in [0.15, 0.2) is 0 Å². The van der Waals surface area contributed by atoms with Crippen molar-refractivity contribution >= 4 is 0 Å². The summed E-state index contributed by atoms with van der Waals surface area (Å²) >= 11 is 0. The van der Waals surface area contributed by atoms with Crippen LogP contribution in [0.3, 0.4) is 0 Å². The third-order valence-corrected chi connectivity index (χ3v) is 4.41. The van der Waals surface area contributed by atoms with Gasteiger partial charge in [-0.15, -0.1) is 0 Å². The zero-order chi connectivity index (χ0) is 15.8. The number of aliphatic hydroxyl groups is 1. The molecule has 0 aromatic heterocycles. The van der Waals surface area contributed by atoms with Crippen molar-refractivity contribution in [1.29, 1.82) is 0 Å². The standard InChI is InChI=1S/C20H32O/c1-15(2)19-13-12-17(4)10-6-8-16(3)9-7-11-18(5)14-20(19)21/h8,11-12,19-21H,1,6-7,9-10,13-14H2,2-5H3/b16-8+,17-12+,18-11+. The average molecular weight is 288 g/mol. The monoisotopic (exact) mass is 288 g/mol. The molecule has 1 heteroatoms. The molecule has 0 radical (unpaired) electrons. The van der Waals surface area contributed by atoms with Crippen molar-refractivity contribution in [2.45, 2.75) is 72.3 Å². The molecule has 1 N–H and O–H groups in total. The van der Waals surface area contributed by atoms with Gasteiger partial charge in [0.2, 0.25) is 0 Å². The van der Waals surface area contributed by atoms with Crippen molar-refractivity contribution in [3.05, 3.63) is 47.1 Å². The van der Waals surface area contributed by atoms with Crippen molar-refractivity contribution in [1.82, 2.24) is 0 Å². The fourth-order valence-corrected chi connectivity index (χ4v) is 2.87. The van der Waals surface area contributed by atoms with Crippen LogP contribution in [0.15, 0.2) is 47.1 Å². The van der Waals surface area contributed by atoms with Gasteiger partial charge in [-0.05, 0) is 66.2 Å². The lowest BCUT2D eigenvalue weighted by Crippen LogP contribution is -2.21. The van der Waals surface area contributed by atoms with Crippen LogP contribution in [0.5, 0.6) is 0 Å². The molecular formula is C20H32O. The Hall–Kier alpha value is -1.08. The van der Waals surface area contributed by atoms with Gasteiger partial charge >= 0.3 is 0 Å². The summed E-state index contributed by atoms with van der Waals surface area (Å²) in [6, 6.07) is 0. The van der Waals surface area contributed by atoms with Gasteiger partial charge in [0.25, 0.3) is 0 Å². The van der Waals surface area contributed by atoms with Crippen molar-refractivity contribution in [2.24, 2.45) is 5.92 Å².